The topological polar surface area (TPSA) is 87.9 Å². The zero-order valence-electron chi connectivity index (χ0n) is 19.4. The van der Waals surface area contributed by atoms with Crippen molar-refractivity contribution in [1.82, 2.24) is 10.2 Å². The smallest absolute Gasteiger partial charge is 0.242 e. The summed E-state index contributed by atoms with van der Waals surface area (Å²) in [6.45, 7) is 1.50. The molecule has 182 valence electrons. The third-order valence-corrected chi connectivity index (χ3v) is 6.03. The molecule has 1 heterocycles. The minimum absolute atomic E-state index is 0.0119. The van der Waals surface area contributed by atoms with Crippen molar-refractivity contribution in [1.29, 1.82) is 0 Å². The molecule has 4 rings (SSSR count). The molecule has 3 N–H and O–H groups in total. The number of amides is 2. The van der Waals surface area contributed by atoms with Crippen LogP contribution in [0, 0.1) is 0 Å². The molecule has 0 spiro atoms. The third kappa shape index (κ3) is 6.97. The number of hydrogen-bond acceptors (Lipinski definition) is 5. The molecule has 0 bridgehead atoms. The fraction of sp³-hybridized carbons (Fsp3) is 0.259. The molecule has 1 saturated heterocycles. The number of anilines is 1. The molecule has 3 aromatic carbocycles. The average molecular weight is 493 g/mol. The highest BCUT2D eigenvalue weighted by Gasteiger charge is 2.27. The van der Waals surface area contributed by atoms with Crippen LogP contribution in [0.25, 0.3) is 0 Å². The van der Waals surface area contributed by atoms with E-state index in [0.717, 1.165) is 12.0 Å². The average Bonchev–Trinajstić information content (AvgIpc) is 3.30. The van der Waals surface area contributed by atoms with Crippen molar-refractivity contribution in [3.63, 3.8) is 0 Å². The van der Waals surface area contributed by atoms with Gasteiger partial charge in [-0.1, -0.05) is 54.1 Å². The molecular weight excluding hydrogens is 464 g/mol. The number of halogens is 1. The molecule has 7 nitrogen and oxygen atoms in total. The molecule has 1 fully saturated rings. The van der Waals surface area contributed by atoms with Crippen LogP contribution < -0.4 is 20.7 Å². The lowest BCUT2D eigenvalue weighted by atomic mass is 10.2. The highest BCUT2D eigenvalue weighted by molar-refractivity contribution is 6.30. The lowest BCUT2D eigenvalue weighted by Crippen LogP contribution is -2.44. The van der Waals surface area contributed by atoms with E-state index in [1.807, 2.05) is 72.8 Å². The van der Waals surface area contributed by atoms with Crippen molar-refractivity contribution in [2.75, 3.05) is 31.1 Å². The monoisotopic (exact) mass is 492 g/mol. The summed E-state index contributed by atoms with van der Waals surface area (Å²) in [6.07, 6.45) is 0.777. The molecule has 2 amide bonds. The van der Waals surface area contributed by atoms with Crippen molar-refractivity contribution in [3.8, 4) is 11.5 Å². The largest absolute Gasteiger partial charge is 0.455 e. The number of hydrogen-bond donors (Lipinski definition) is 2. The second kappa shape index (κ2) is 11.7. The van der Waals surface area contributed by atoms with E-state index in [1.165, 1.54) is 0 Å². The van der Waals surface area contributed by atoms with Gasteiger partial charge in [0.15, 0.2) is 5.75 Å². The predicted molar refractivity (Wildman–Crippen MR) is 138 cm³/mol. The van der Waals surface area contributed by atoms with E-state index in [2.05, 4.69) is 5.32 Å². The lowest BCUT2D eigenvalue weighted by molar-refractivity contribution is -0.128. The van der Waals surface area contributed by atoms with Gasteiger partial charge in [-0.05, 0) is 48.4 Å². The number of carbonyl (C=O) groups is 2. The lowest BCUT2D eigenvalue weighted by Gasteiger charge is -2.28. The molecule has 1 aliphatic heterocycles. The van der Waals surface area contributed by atoms with Gasteiger partial charge in [0.1, 0.15) is 5.75 Å². The molecule has 8 heteroatoms. The van der Waals surface area contributed by atoms with Crippen molar-refractivity contribution in [2.45, 2.75) is 19.0 Å². The Morgan fingerprint density at radius 2 is 1.80 bits per heavy atom. The molecule has 0 aromatic heterocycles. The van der Waals surface area contributed by atoms with Crippen LogP contribution in [0.5, 0.6) is 11.5 Å². The number of nitrogens with two attached hydrogens (primary N) is 1. The Labute approximate surface area is 210 Å². The molecular formula is C27H29ClN4O3. The Morgan fingerprint density at radius 1 is 1.03 bits per heavy atom. The SMILES string of the molecule is N[C@H]1CCN(C(=O)CN(CC(=O)NCc2cccc(Cl)c2)c2ccccc2Oc2ccccc2)C1. The molecule has 3 aromatic rings. The van der Waals surface area contributed by atoms with Crippen molar-refractivity contribution in [2.24, 2.45) is 5.73 Å². The fourth-order valence-electron chi connectivity index (χ4n) is 4.00. The molecule has 35 heavy (non-hydrogen) atoms. The first-order chi connectivity index (χ1) is 17.0. The number of ether oxygens (including phenoxy) is 1. The number of para-hydroxylation sites is 3. The highest BCUT2D eigenvalue weighted by atomic mass is 35.5. The summed E-state index contributed by atoms with van der Waals surface area (Å²) in [4.78, 5) is 29.5. The van der Waals surface area contributed by atoms with E-state index in [-0.39, 0.29) is 30.9 Å². The van der Waals surface area contributed by atoms with Gasteiger partial charge in [0.25, 0.3) is 0 Å². The summed E-state index contributed by atoms with van der Waals surface area (Å²) in [6, 6.07) is 24.1. The van der Waals surface area contributed by atoms with E-state index in [4.69, 9.17) is 22.1 Å². The third-order valence-electron chi connectivity index (χ3n) is 5.79. The van der Waals surface area contributed by atoms with Crippen LogP contribution in [0.4, 0.5) is 5.69 Å². The highest BCUT2D eigenvalue weighted by Crippen LogP contribution is 2.32. The normalized spacial score (nSPS) is 15.0. The molecule has 1 aliphatic rings. The summed E-state index contributed by atoms with van der Waals surface area (Å²) in [7, 11) is 0. The van der Waals surface area contributed by atoms with Crippen LogP contribution in [-0.2, 0) is 16.1 Å². The first kappa shape index (κ1) is 24.6. The van der Waals surface area contributed by atoms with Gasteiger partial charge in [0.2, 0.25) is 11.8 Å². The minimum atomic E-state index is -0.217. The van der Waals surface area contributed by atoms with Crippen LogP contribution in [0.1, 0.15) is 12.0 Å². The van der Waals surface area contributed by atoms with Gasteiger partial charge in [-0.15, -0.1) is 0 Å². The second-order valence-corrected chi connectivity index (χ2v) is 8.97. The van der Waals surface area contributed by atoms with Crippen LogP contribution in [0.3, 0.4) is 0 Å². The summed E-state index contributed by atoms with van der Waals surface area (Å²) < 4.78 is 6.11. The number of nitrogens with one attached hydrogen (secondary N) is 1. The Kier molecular flexibility index (Phi) is 8.23. The zero-order chi connectivity index (χ0) is 24.6. The maximum absolute atomic E-state index is 13.1. The summed E-state index contributed by atoms with van der Waals surface area (Å²) >= 11 is 6.05. The summed E-state index contributed by atoms with van der Waals surface area (Å²) in [5.41, 5.74) is 7.55. The Morgan fingerprint density at radius 3 is 2.54 bits per heavy atom. The van der Waals surface area contributed by atoms with Crippen LogP contribution >= 0.6 is 11.6 Å². The minimum Gasteiger partial charge on any atom is -0.455 e. The summed E-state index contributed by atoms with van der Waals surface area (Å²) in [5.74, 6) is 0.940. The van der Waals surface area contributed by atoms with Gasteiger partial charge in [0.05, 0.1) is 18.8 Å². The van der Waals surface area contributed by atoms with Crippen LogP contribution in [0.2, 0.25) is 5.02 Å². The van der Waals surface area contributed by atoms with E-state index >= 15 is 0 Å². The van der Waals surface area contributed by atoms with Gasteiger partial charge in [-0.25, -0.2) is 0 Å². The van der Waals surface area contributed by atoms with Crippen molar-refractivity contribution < 1.29 is 14.3 Å². The number of rotatable bonds is 9. The molecule has 0 saturated carbocycles. The number of nitrogens with zero attached hydrogens (tertiary/aromatic N) is 2. The van der Waals surface area contributed by atoms with Gasteiger partial charge < -0.3 is 25.6 Å². The second-order valence-electron chi connectivity index (χ2n) is 8.53. The van der Waals surface area contributed by atoms with E-state index in [0.29, 0.717) is 41.8 Å². The van der Waals surface area contributed by atoms with Crippen LogP contribution in [-0.4, -0.2) is 48.9 Å². The molecule has 0 radical (unpaired) electrons. The van der Waals surface area contributed by atoms with Gasteiger partial charge in [-0.3, -0.25) is 9.59 Å². The Hall–Kier alpha value is -3.55. The van der Waals surface area contributed by atoms with Gasteiger partial charge in [0, 0.05) is 30.7 Å². The standard InChI is InChI=1S/C27H29ClN4O3/c28-21-8-6-7-20(15-21)16-30-26(33)18-32(19-27(34)31-14-13-22(29)17-31)24-11-4-5-12-25(24)35-23-9-2-1-3-10-23/h1-12,15,22H,13-14,16-19,29H2,(H,30,33)/t22-/m0/s1. The number of benzene rings is 3. The predicted octanol–water partition coefficient (Wildman–Crippen LogP) is 3.81. The summed E-state index contributed by atoms with van der Waals surface area (Å²) in [5, 5.41) is 3.53. The van der Waals surface area contributed by atoms with E-state index in [9.17, 15) is 9.59 Å². The van der Waals surface area contributed by atoms with Crippen molar-refractivity contribution >= 4 is 29.1 Å². The maximum Gasteiger partial charge on any atom is 0.242 e. The Bertz CT molecular complexity index is 1160. The Balaban J connectivity index is 1.52. The van der Waals surface area contributed by atoms with Crippen molar-refractivity contribution in [3.05, 3.63) is 89.4 Å². The molecule has 0 unspecified atom stereocenters. The fourth-order valence-corrected chi connectivity index (χ4v) is 4.21. The van der Waals surface area contributed by atoms with Gasteiger partial charge >= 0.3 is 0 Å². The number of carbonyl (C=O) groups excluding carboxylic acids is 2. The maximum atomic E-state index is 13.1. The van der Waals surface area contributed by atoms with E-state index < -0.39 is 0 Å². The van der Waals surface area contributed by atoms with Crippen LogP contribution in [0.15, 0.2) is 78.9 Å². The first-order valence-corrected chi connectivity index (χ1v) is 12.0. The zero-order valence-corrected chi connectivity index (χ0v) is 20.2. The molecule has 1 atom stereocenters. The number of likely N-dealkylation sites (tertiary alicyclic amines) is 1. The quantitative estimate of drug-likeness (QED) is 0.474. The van der Waals surface area contributed by atoms with Gasteiger partial charge in [-0.2, -0.15) is 0 Å². The van der Waals surface area contributed by atoms with E-state index in [1.54, 1.807) is 15.9 Å². The first-order valence-electron chi connectivity index (χ1n) is 11.6. The molecule has 0 aliphatic carbocycles.